The highest BCUT2D eigenvalue weighted by atomic mass is 79.9. The van der Waals surface area contributed by atoms with E-state index >= 15 is 0 Å². The molecule has 1 saturated heterocycles. The highest BCUT2D eigenvalue weighted by Gasteiger charge is 2.10. The molecule has 0 amide bonds. The molecule has 1 aliphatic heterocycles. The van der Waals surface area contributed by atoms with Gasteiger partial charge in [0.1, 0.15) is 10.4 Å². The summed E-state index contributed by atoms with van der Waals surface area (Å²) in [5.41, 5.74) is 0. The Bertz CT molecular complexity index is 298. The van der Waals surface area contributed by atoms with Crippen LogP contribution in [0.1, 0.15) is 6.42 Å². The van der Waals surface area contributed by atoms with E-state index in [2.05, 4.69) is 25.8 Å². The summed E-state index contributed by atoms with van der Waals surface area (Å²) in [5, 5.41) is 0. The molecule has 0 N–H and O–H groups in total. The molecule has 0 radical (unpaired) electrons. The maximum atomic E-state index is 5.40. The highest BCUT2D eigenvalue weighted by molar-refractivity contribution is 9.10. The van der Waals surface area contributed by atoms with Crippen LogP contribution in [0.25, 0.3) is 0 Å². The molecule has 0 aliphatic carbocycles. The van der Waals surface area contributed by atoms with E-state index in [1.165, 1.54) is 0 Å². The van der Waals surface area contributed by atoms with Crippen LogP contribution in [-0.4, -0.2) is 31.3 Å². The minimum absolute atomic E-state index is 0.800. The van der Waals surface area contributed by atoms with Crippen molar-refractivity contribution in [2.24, 2.45) is 0 Å². The molecule has 2 rings (SSSR count). The average Bonchev–Trinajstić information content (AvgIpc) is 2.45. The van der Waals surface area contributed by atoms with Crippen molar-refractivity contribution in [1.82, 2.24) is 4.98 Å². The van der Waals surface area contributed by atoms with Gasteiger partial charge in [0.15, 0.2) is 0 Å². The minimum atomic E-state index is 0.800. The molecule has 0 unspecified atom stereocenters. The molecule has 0 saturated carbocycles. The Kier molecular flexibility index (Phi) is 3.37. The molecule has 0 bridgehead atoms. The van der Waals surface area contributed by atoms with Gasteiger partial charge in [0.05, 0.1) is 6.61 Å². The lowest BCUT2D eigenvalue weighted by Crippen LogP contribution is -2.26. The lowest BCUT2D eigenvalue weighted by atomic mass is 10.3. The van der Waals surface area contributed by atoms with Gasteiger partial charge in [-0.3, -0.25) is 0 Å². The van der Waals surface area contributed by atoms with Gasteiger partial charge in [-0.1, -0.05) is 6.07 Å². The van der Waals surface area contributed by atoms with Crippen LogP contribution in [0.15, 0.2) is 22.8 Å². The second kappa shape index (κ2) is 4.75. The molecule has 1 aromatic heterocycles. The smallest absolute Gasteiger partial charge is 0.129 e. The van der Waals surface area contributed by atoms with Crippen LogP contribution in [0, 0.1) is 0 Å². The SMILES string of the molecule is Brc1cccc(N2CCCOCC2)n1. The fraction of sp³-hybridized carbons (Fsp3) is 0.500. The number of nitrogens with zero attached hydrogens (tertiary/aromatic N) is 2. The molecular formula is C10H13BrN2O. The number of halogens is 1. The minimum Gasteiger partial charge on any atom is -0.380 e. The van der Waals surface area contributed by atoms with Crippen molar-refractivity contribution in [3.63, 3.8) is 0 Å². The van der Waals surface area contributed by atoms with Gasteiger partial charge in [-0.15, -0.1) is 0 Å². The summed E-state index contributed by atoms with van der Waals surface area (Å²) >= 11 is 3.38. The van der Waals surface area contributed by atoms with Gasteiger partial charge in [-0.25, -0.2) is 4.98 Å². The van der Waals surface area contributed by atoms with Crippen molar-refractivity contribution in [2.75, 3.05) is 31.2 Å². The quantitative estimate of drug-likeness (QED) is 0.720. The number of rotatable bonds is 1. The predicted octanol–water partition coefficient (Wildman–Crippen LogP) is 2.07. The molecule has 1 aliphatic rings. The number of pyridine rings is 1. The van der Waals surface area contributed by atoms with Gasteiger partial charge in [0, 0.05) is 19.7 Å². The monoisotopic (exact) mass is 256 g/mol. The number of aromatic nitrogens is 1. The molecule has 1 fully saturated rings. The summed E-state index contributed by atoms with van der Waals surface area (Å²) in [7, 11) is 0. The summed E-state index contributed by atoms with van der Waals surface area (Å²) in [6.45, 7) is 3.63. The van der Waals surface area contributed by atoms with E-state index in [9.17, 15) is 0 Å². The van der Waals surface area contributed by atoms with Gasteiger partial charge in [-0.2, -0.15) is 0 Å². The predicted molar refractivity (Wildman–Crippen MR) is 59.6 cm³/mol. The second-order valence-electron chi connectivity index (χ2n) is 3.27. The lowest BCUT2D eigenvalue weighted by Gasteiger charge is -2.20. The molecule has 4 heteroatoms. The summed E-state index contributed by atoms with van der Waals surface area (Å²) in [6, 6.07) is 5.99. The maximum absolute atomic E-state index is 5.40. The number of ether oxygens (including phenoxy) is 1. The average molecular weight is 257 g/mol. The number of anilines is 1. The molecule has 0 atom stereocenters. The number of hydrogen-bond donors (Lipinski definition) is 0. The molecule has 76 valence electrons. The molecule has 14 heavy (non-hydrogen) atoms. The Morgan fingerprint density at radius 3 is 3.07 bits per heavy atom. The third-order valence-corrected chi connectivity index (χ3v) is 2.69. The van der Waals surface area contributed by atoms with Gasteiger partial charge >= 0.3 is 0 Å². The highest BCUT2D eigenvalue weighted by Crippen LogP contribution is 2.16. The van der Waals surface area contributed by atoms with Crippen LogP contribution in [0.3, 0.4) is 0 Å². The maximum Gasteiger partial charge on any atom is 0.129 e. The van der Waals surface area contributed by atoms with E-state index in [0.29, 0.717) is 0 Å². The second-order valence-corrected chi connectivity index (χ2v) is 4.08. The normalized spacial score (nSPS) is 17.9. The van der Waals surface area contributed by atoms with Gasteiger partial charge in [0.2, 0.25) is 0 Å². The zero-order valence-corrected chi connectivity index (χ0v) is 9.53. The molecule has 3 nitrogen and oxygen atoms in total. The summed E-state index contributed by atoms with van der Waals surface area (Å²) in [6.07, 6.45) is 1.08. The van der Waals surface area contributed by atoms with E-state index in [1.807, 2.05) is 18.2 Å². The Hall–Kier alpha value is -0.610. The van der Waals surface area contributed by atoms with E-state index in [1.54, 1.807) is 0 Å². The first-order valence-corrected chi connectivity index (χ1v) is 5.61. The van der Waals surface area contributed by atoms with Gasteiger partial charge < -0.3 is 9.64 Å². The van der Waals surface area contributed by atoms with Crippen molar-refractivity contribution in [3.8, 4) is 0 Å². The zero-order chi connectivity index (χ0) is 9.80. The van der Waals surface area contributed by atoms with Crippen LogP contribution >= 0.6 is 15.9 Å². The third-order valence-electron chi connectivity index (χ3n) is 2.25. The molecule has 0 spiro atoms. The standard InChI is InChI=1S/C10H13BrN2O/c11-9-3-1-4-10(12-9)13-5-2-7-14-8-6-13/h1,3-4H,2,5-8H2. The Balaban J connectivity index is 2.12. The third kappa shape index (κ3) is 2.45. The van der Waals surface area contributed by atoms with Crippen LogP contribution in [0.2, 0.25) is 0 Å². The topological polar surface area (TPSA) is 25.4 Å². The van der Waals surface area contributed by atoms with Crippen LogP contribution in [0.5, 0.6) is 0 Å². The van der Waals surface area contributed by atoms with Crippen LogP contribution in [-0.2, 0) is 4.74 Å². The van der Waals surface area contributed by atoms with E-state index in [4.69, 9.17) is 4.74 Å². The Morgan fingerprint density at radius 1 is 1.29 bits per heavy atom. The number of hydrogen-bond acceptors (Lipinski definition) is 3. The van der Waals surface area contributed by atoms with Crippen molar-refractivity contribution >= 4 is 21.7 Å². The van der Waals surface area contributed by atoms with Crippen molar-refractivity contribution < 1.29 is 4.74 Å². The molecule has 0 aromatic carbocycles. The zero-order valence-electron chi connectivity index (χ0n) is 7.95. The largest absolute Gasteiger partial charge is 0.380 e. The van der Waals surface area contributed by atoms with Gasteiger partial charge in [-0.05, 0) is 34.5 Å². The fourth-order valence-corrected chi connectivity index (χ4v) is 1.88. The molecule has 1 aromatic rings. The van der Waals surface area contributed by atoms with E-state index < -0.39 is 0 Å². The fourth-order valence-electron chi connectivity index (χ4n) is 1.55. The Morgan fingerprint density at radius 2 is 2.21 bits per heavy atom. The van der Waals surface area contributed by atoms with E-state index in [-0.39, 0.29) is 0 Å². The Labute approximate surface area is 92.2 Å². The van der Waals surface area contributed by atoms with Crippen LogP contribution < -0.4 is 4.90 Å². The van der Waals surface area contributed by atoms with Gasteiger partial charge in [0.25, 0.3) is 0 Å². The molecule has 2 heterocycles. The summed E-state index contributed by atoms with van der Waals surface area (Å²) in [4.78, 5) is 6.69. The first-order chi connectivity index (χ1) is 6.86. The summed E-state index contributed by atoms with van der Waals surface area (Å²) < 4.78 is 6.28. The van der Waals surface area contributed by atoms with Crippen LogP contribution in [0.4, 0.5) is 5.82 Å². The first kappa shape index (κ1) is 9.93. The van der Waals surface area contributed by atoms with Crippen molar-refractivity contribution in [3.05, 3.63) is 22.8 Å². The van der Waals surface area contributed by atoms with Crippen molar-refractivity contribution in [1.29, 1.82) is 0 Å². The lowest BCUT2D eigenvalue weighted by molar-refractivity contribution is 0.152. The summed E-state index contributed by atoms with van der Waals surface area (Å²) in [5.74, 6) is 1.03. The van der Waals surface area contributed by atoms with E-state index in [0.717, 1.165) is 43.1 Å². The van der Waals surface area contributed by atoms with Crippen molar-refractivity contribution in [2.45, 2.75) is 6.42 Å². The molecular weight excluding hydrogens is 244 g/mol. The first-order valence-electron chi connectivity index (χ1n) is 4.81.